The lowest BCUT2D eigenvalue weighted by Gasteiger charge is -2.38. The summed E-state index contributed by atoms with van der Waals surface area (Å²) in [5, 5.41) is 9.11. The number of rotatable bonds is 4. The Balaban J connectivity index is 1.92. The third-order valence-corrected chi connectivity index (χ3v) is 3.70. The fourth-order valence-corrected chi connectivity index (χ4v) is 2.62. The van der Waals surface area contributed by atoms with Gasteiger partial charge in [-0.05, 0) is 24.8 Å². The molecule has 1 aliphatic heterocycles. The van der Waals surface area contributed by atoms with Gasteiger partial charge in [0.2, 0.25) is 0 Å². The summed E-state index contributed by atoms with van der Waals surface area (Å²) < 4.78 is 5.34. The number of carbonyl (C=O) groups is 1. The second-order valence-electron chi connectivity index (χ2n) is 5.12. The first kappa shape index (κ1) is 14.8. The molecule has 1 heterocycles. The Morgan fingerprint density at radius 1 is 1.40 bits per heavy atom. The number of nitrogens with two attached hydrogens (primary N) is 1. The lowest BCUT2D eigenvalue weighted by Crippen LogP contribution is -2.54. The second-order valence-corrected chi connectivity index (χ2v) is 5.12. The number of hydrogen-bond donors (Lipinski definition) is 2. The van der Waals surface area contributed by atoms with Crippen LogP contribution in [0.5, 0.6) is 0 Å². The maximum Gasteiger partial charge on any atom is 0.410 e. The Labute approximate surface area is 119 Å². The standard InChI is InChI=1S/C15H22N2O3/c16-13-7-4-9-17(14(13)8-10-18)15(19)20-11-12-5-2-1-3-6-12/h1-3,5-6,13-14,18H,4,7-11,16H2. The number of ether oxygens (including phenoxy) is 1. The molecule has 3 N–H and O–H groups in total. The Hall–Kier alpha value is -1.59. The van der Waals surface area contributed by atoms with Gasteiger partial charge in [-0.2, -0.15) is 0 Å². The van der Waals surface area contributed by atoms with Gasteiger partial charge in [-0.3, -0.25) is 0 Å². The van der Waals surface area contributed by atoms with Crippen LogP contribution in [-0.2, 0) is 11.3 Å². The lowest BCUT2D eigenvalue weighted by molar-refractivity contribution is 0.0545. The zero-order valence-corrected chi connectivity index (χ0v) is 11.6. The summed E-state index contributed by atoms with van der Waals surface area (Å²) in [7, 11) is 0. The Bertz CT molecular complexity index is 424. The van der Waals surface area contributed by atoms with Crippen molar-refractivity contribution in [2.24, 2.45) is 5.73 Å². The molecule has 5 nitrogen and oxygen atoms in total. The summed E-state index contributed by atoms with van der Waals surface area (Å²) in [6, 6.07) is 9.37. The van der Waals surface area contributed by atoms with Crippen LogP contribution in [0.25, 0.3) is 0 Å². The Morgan fingerprint density at radius 2 is 2.15 bits per heavy atom. The van der Waals surface area contributed by atoms with Crippen LogP contribution < -0.4 is 5.73 Å². The first-order valence-corrected chi connectivity index (χ1v) is 7.06. The van der Waals surface area contributed by atoms with Crippen molar-refractivity contribution < 1.29 is 14.6 Å². The molecule has 1 aromatic carbocycles. The largest absolute Gasteiger partial charge is 0.445 e. The van der Waals surface area contributed by atoms with Crippen molar-refractivity contribution >= 4 is 6.09 Å². The topological polar surface area (TPSA) is 75.8 Å². The van der Waals surface area contributed by atoms with Crippen LogP contribution in [0, 0.1) is 0 Å². The Morgan fingerprint density at radius 3 is 2.85 bits per heavy atom. The molecule has 0 aliphatic carbocycles. The molecular formula is C15H22N2O3. The number of benzene rings is 1. The minimum atomic E-state index is -0.345. The van der Waals surface area contributed by atoms with E-state index in [4.69, 9.17) is 15.6 Å². The van der Waals surface area contributed by atoms with Gasteiger partial charge in [0.1, 0.15) is 6.61 Å². The summed E-state index contributed by atoms with van der Waals surface area (Å²) in [5.41, 5.74) is 7.00. The predicted molar refractivity (Wildman–Crippen MR) is 76.0 cm³/mol. The van der Waals surface area contributed by atoms with Crippen molar-refractivity contribution in [2.75, 3.05) is 13.2 Å². The molecule has 1 fully saturated rings. The van der Waals surface area contributed by atoms with E-state index in [1.807, 2.05) is 30.3 Å². The van der Waals surface area contributed by atoms with Crippen molar-refractivity contribution in [3.05, 3.63) is 35.9 Å². The molecule has 1 amide bonds. The Kier molecular flexibility index (Phi) is 5.38. The molecule has 0 radical (unpaired) electrons. The molecule has 5 heteroatoms. The van der Waals surface area contributed by atoms with Crippen molar-refractivity contribution in [3.8, 4) is 0 Å². The predicted octanol–water partition coefficient (Wildman–Crippen LogP) is 1.50. The molecule has 0 aromatic heterocycles. The first-order chi connectivity index (χ1) is 9.72. The van der Waals surface area contributed by atoms with E-state index in [-0.39, 0.29) is 31.4 Å². The van der Waals surface area contributed by atoms with Crippen LogP contribution >= 0.6 is 0 Å². The number of hydrogen-bond acceptors (Lipinski definition) is 4. The summed E-state index contributed by atoms with van der Waals surface area (Å²) in [6.45, 7) is 0.935. The van der Waals surface area contributed by atoms with Crippen molar-refractivity contribution in [2.45, 2.75) is 38.0 Å². The average molecular weight is 278 g/mol. The zero-order valence-electron chi connectivity index (χ0n) is 11.6. The quantitative estimate of drug-likeness (QED) is 0.875. The highest BCUT2D eigenvalue weighted by Crippen LogP contribution is 2.20. The SMILES string of the molecule is NC1CCCN(C(=O)OCc2ccccc2)C1CCO. The molecule has 2 unspecified atom stereocenters. The molecule has 0 saturated carbocycles. The smallest absolute Gasteiger partial charge is 0.410 e. The number of likely N-dealkylation sites (tertiary alicyclic amines) is 1. The molecule has 2 rings (SSSR count). The van der Waals surface area contributed by atoms with Gasteiger partial charge >= 0.3 is 6.09 Å². The number of aliphatic hydroxyl groups excluding tert-OH is 1. The average Bonchev–Trinajstić information content (AvgIpc) is 2.48. The van der Waals surface area contributed by atoms with Gasteiger partial charge < -0.3 is 20.5 Å². The maximum atomic E-state index is 12.2. The van der Waals surface area contributed by atoms with Gasteiger partial charge in [-0.25, -0.2) is 4.79 Å². The molecule has 0 bridgehead atoms. The van der Waals surface area contributed by atoms with E-state index >= 15 is 0 Å². The van der Waals surface area contributed by atoms with Crippen LogP contribution in [0.15, 0.2) is 30.3 Å². The molecular weight excluding hydrogens is 256 g/mol. The highest BCUT2D eigenvalue weighted by atomic mass is 16.6. The van der Waals surface area contributed by atoms with Crippen molar-refractivity contribution in [1.82, 2.24) is 4.90 Å². The monoisotopic (exact) mass is 278 g/mol. The maximum absolute atomic E-state index is 12.2. The summed E-state index contributed by atoms with van der Waals surface area (Å²) in [6.07, 6.45) is 1.92. The third kappa shape index (κ3) is 3.71. The van der Waals surface area contributed by atoms with E-state index in [2.05, 4.69) is 0 Å². The molecule has 110 valence electrons. The van der Waals surface area contributed by atoms with E-state index in [9.17, 15) is 4.79 Å². The molecule has 20 heavy (non-hydrogen) atoms. The summed E-state index contributed by atoms with van der Waals surface area (Å²) in [4.78, 5) is 13.8. The zero-order chi connectivity index (χ0) is 14.4. The van der Waals surface area contributed by atoms with E-state index in [1.165, 1.54) is 0 Å². The van der Waals surface area contributed by atoms with Gasteiger partial charge in [0, 0.05) is 19.2 Å². The number of piperidine rings is 1. The molecule has 2 atom stereocenters. The van der Waals surface area contributed by atoms with Crippen molar-refractivity contribution in [3.63, 3.8) is 0 Å². The number of carbonyl (C=O) groups excluding carboxylic acids is 1. The second kappa shape index (κ2) is 7.26. The molecule has 1 aliphatic rings. The fourth-order valence-electron chi connectivity index (χ4n) is 2.62. The van der Waals surface area contributed by atoms with E-state index in [1.54, 1.807) is 4.90 Å². The number of aliphatic hydroxyl groups is 1. The molecule has 0 spiro atoms. The van der Waals surface area contributed by atoms with Crippen LogP contribution in [0.1, 0.15) is 24.8 Å². The van der Waals surface area contributed by atoms with Crippen molar-refractivity contribution in [1.29, 1.82) is 0 Å². The van der Waals surface area contributed by atoms with E-state index in [0.717, 1.165) is 18.4 Å². The van der Waals surface area contributed by atoms with Gasteiger partial charge in [0.25, 0.3) is 0 Å². The normalized spacial score (nSPS) is 22.6. The first-order valence-electron chi connectivity index (χ1n) is 7.06. The minimum Gasteiger partial charge on any atom is -0.445 e. The highest BCUT2D eigenvalue weighted by molar-refractivity contribution is 5.68. The molecule has 1 saturated heterocycles. The summed E-state index contributed by atoms with van der Waals surface area (Å²) >= 11 is 0. The highest BCUT2D eigenvalue weighted by Gasteiger charge is 2.32. The third-order valence-electron chi connectivity index (χ3n) is 3.70. The van der Waals surface area contributed by atoms with Gasteiger partial charge in [0.15, 0.2) is 0 Å². The van der Waals surface area contributed by atoms with E-state index in [0.29, 0.717) is 13.0 Å². The van der Waals surface area contributed by atoms with Gasteiger partial charge in [0.05, 0.1) is 6.04 Å². The number of nitrogens with zero attached hydrogens (tertiary/aromatic N) is 1. The van der Waals surface area contributed by atoms with Crippen LogP contribution in [0.3, 0.4) is 0 Å². The van der Waals surface area contributed by atoms with Gasteiger partial charge in [-0.1, -0.05) is 30.3 Å². The molecule has 1 aromatic rings. The fraction of sp³-hybridized carbons (Fsp3) is 0.533. The van der Waals surface area contributed by atoms with Gasteiger partial charge in [-0.15, -0.1) is 0 Å². The van der Waals surface area contributed by atoms with E-state index < -0.39 is 0 Å². The van der Waals surface area contributed by atoms with Crippen LogP contribution in [-0.4, -0.2) is 41.3 Å². The number of amides is 1. The van der Waals surface area contributed by atoms with Crippen LogP contribution in [0.4, 0.5) is 4.79 Å². The summed E-state index contributed by atoms with van der Waals surface area (Å²) in [5.74, 6) is 0. The minimum absolute atomic E-state index is 0.0286. The van der Waals surface area contributed by atoms with Crippen LogP contribution in [0.2, 0.25) is 0 Å². The lowest BCUT2D eigenvalue weighted by atomic mass is 9.95.